The van der Waals surface area contributed by atoms with E-state index in [-0.39, 0.29) is 12.2 Å². The molecule has 6 heteroatoms. The quantitative estimate of drug-likeness (QED) is 0.903. The van der Waals surface area contributed by atoms with Gasteiger partial charge in [-0.1, -0.05) is 12.1 Å². The molecular weight excluding hydrogens is 273 g/mol. The lowest BCUT2D eigenvalue weighted by Gasteiger charge is -2.23. The molecule has 5 nitrogen and oxygen atoms in total. The average molecular weight is 285 g/mol. The molecule has 1 aliphatic rings. The van der Waals surface area contributed by atoms with Gasteiger partial charge in [0.05, 0.1) is 17.6 Å². The van der Waals surface area contributed by atoms with Crippen LogP contribution >= 0.6 is 0 Å². The molecular formula is C15H12FN3O2. The Balaban J connectivity index is 1.98. The average Bonchev–Trinajstić information content (AvgIpc) is 2.48. The number of pyridine rings is 1. The van der Waals surface area contributed by atoms with E-state index in [0.717, 1.165) is 6.20 Å². The number of hydrogen-bond donors (Lipinski definition) is 2. The molecule has 0 atom stereocenters. The van der Waals surface area contributed by atoms with Gasteiger partial charge in [-0.05, 0) is 23.8 Å². The predicted octanol–water partition coefficient (Wildman–Crippen LogP) is 1.96. The first-order valence-electron chi connectivity index (χ1n) is 6.30. The zero-order chi connectivity index (χ0) is 14.8. The van der Waals surface area contributed by atoms with Crippen molar-refractivity contribution < 1.29 is 13.9 Å². The number of para-hydroxylation sites is 2. The maximum atomic E-state index is 13.7. The molecule has 1 aliphatic heterocycles. The number of allylic oxidation sites excluding steroid dienone is 1. The van der Waals surface area contributed by atoms with Gasteiger partial charge < -0.3 is 15.8 Å². The van der Waals surface area contributed by atoms with E-state index >= 15 is 0 Å². The molecule has 0 unspecified atom stereocenters. The van der Waals surface area contributed by atoms with Gasteiger partial charge in [-0.2, -0.15) is 0 Å². The number of rotatable bonds is 3. The minimum absolute atomic E-state index is 0.00934. The standard InChI is InChI=1S/C15H12FN3O2/c16-10-8-18-6-5-9(10)7-12-14(15(17)20)21-13-4-2-1-3-11(13)19-12/h1-6,8,19H,7H2,(H2,17,20). The van der Waals surface area contributed by atoms with Crippen molar-refractivity contribution in [1.29, 1.82) is 0 Å². The SMILES string of the molecule is NC(=O)C1=C(Cc2ccncc2F)Nc2ccccc2O1. The summed E-state index contributed by atoms with van der Waals surface area (Å²) in [6.07, 6.45) is 2.76. The number of aromatic nitrogens is 1. The van der Waals surface area contributed by atoms with Crippen molar-refractivity contribution in [2.75, 3.05) is 5.32 Å². The lowest BCUT2D eigenvalue weighted by atomic mass is 10.1. The molecule has 0 bridgehead atoms. The highest BCUT2D eigenvalue weighted by atomic mass is 19.1. The summed E-state index contributed by atoms with van der Waals surface area (Å²) in [4.78, 5) is 15.2. The highest BCUT2D eigenvalue weighted by Gasteiger charge is 2.23. The van der Waals surface area contributed by atoms with Crippen molar-refractivity contribution in [2.45, 2.75) is 6.42 Å². The van der Waals surface area contributed by atoms with Crippen LogP contribution < -0.4 is 15.8 Å². The zero-order valence-electron chi connectivity index (χ0n) is 11.0. The Hall–Kier alpha value is -2.89. The van der Waals surface area contributed by atoms with Gasteiger partial charge >= 0.3 is 0 Å². The Morgan fingerprint density at radius 1 is 1.33 bits per heavy atom. The van der Waals surface area contributed by atoms with Gasteiger partial charge in [-0.3, -0.25) is 9.78 Å². The number of carbonyl (C=O) groups is 1. The maximum Gasteiger partial charge on any atom is 0.286 e. The lowest BCUT2D eigenvalue weighted by Crippen LogP contribution is -2.26. The third-order valence-electron chi connectivity index (χ3n) is 3.11. The second kappa shape index (κ2) is 5.24. The monoisotopic (exact) mass is 285 g/mol. The number of carbonyl (C=O) groups excluding carboxylic acids is 1. The molecule has 1 amide bonds. The Bertz CT molecular complexity index is 743. The van der Waals surface area contributed by atoms with Gasteiger partial charge in [-0.15, -0.1) is 0 Å². The van der Waals surface area contributed by atoms with E-state index in [1.807, 2.05) is 6.07 Å². The first-order chi connectivity index (χ1) is 10.1. The number of amides is 1. The lowest BCUT2D eigenvalue weighted by molar-refractivity contribution is -0.116. The van der Waals surface area contributed by atoms with Crippen molar-refractivity contribution >= 4 is 11.6 Å². The highest BCUT2D eigenvalue weighted by Crippen LogP contribution is 2.33. The fourth-order valence-electron chi connectivity index (χ4n) is 2.11. The summed E-state index contributed by atoms with van der Waals surface area (Å²) in [6.45, 7) is 0. The van der Waals surface area contributed by atoms with Gasteiger partial charge in [0.1, 0.15) is 5.82 Å². The predicted molar refractivity (Wildman–Crippen MR) is 74.8 cm³/mol. The minimum atomic E-state index is -0.707. The summed E-state index contributed by atoms with van der Waals surface area (Å²) < 4.78 is 19.2. The Labute approximate surface area is 120 Å². The summed E-state index contributed by atoms with van der Waals surface area (Å²) in [6, 6.07) is 8.68. The van der Waals surface area contributed by atoms with Crippen LogP contribution in [0.15, 0.2) is 54.2 Å². The van der Waals surface area contributed by atoms with E-state index in [9.17, 15) is 9.18 Å². The number of nitrogens with zero attached hydrogens (tertiary/aromatic N) is 1. The van der Waals surface area contributed by atoms with Crippen molar-refractivity contribution in [3.63, 3.8) is 0 Å². The van der Waals surface area contributed by atoms with Crippen LogP contribution in [0.1, 0.15) is 5.56 Å². The van der Waals surface area contributed by atoms with Crippen LogP contribution in [-0.2, 0) is 11.2 Å². The van der Waals surface area contributed by atoms with E-state index < -0.39 is 11.7 Å². The number of halogens is 1. The molecule has 3 rings (SSSR count). The molecule has 3 N–H and O–H groups in total. The molecule has 21 heavy (non-hydrogen) atoms. The Morgan fingerprint density at radius 2 is 2.14 bits per heavy atom. The number of primary amides is 1. The second-order valence-corrected chi connectivity index (χ2v) is 4.54. The summed E-state index contributed by atoms with van der Waals surface area (Å²) in [5.74, 6) is -0.661. The fraction of sp³-hybridized carbons (Fsp3) is 0.0667. The van der Waals surface area contributed by atoms with E-state index in [1.54, 1.807) is 24.3 Å². The van der Waals surface area contributed by atoms with Crippen LogP contribution in [0.25, 0.3) is 0 Å². The number of nitrogens with two attached hydrogens (primary N) is 1. The fourth-order valence-corrected chi connectivity index (χ4v) is 2.11. The van der Waals surface area contributed by atoms with Crippen LogP contribution in [0.4, 0.5) is 10.1 Å². The van der Waals surface area contributed by atoms with Crippen LogP contribution in [0.3, 0.4) is 0 Å². The Morgan fingerprint density at radius 3 is 2.90 bits per heavy atom. The minimum Gasteiger partial charge on any atom is -0.448 e. The van der Waals surface area contributed by atoms with E-state index in [0.29, 0.717) is 22.7 Å². The topological polar surface area (TPSA) is 77.2 Å². The number of benzene rings is 1. The summed E-state index contributed by atoms with van der Waals surface area (Å²) in [5.41, 5.74) is 6.86. The summed E-state index contributed by atoms with van der Waals surface area (Å²) in [5, 5.41) is 3.07. The second-order valence-electron chi connectivity index (χ2n) is 4.54. The molecule has 0 fully saturated rings. The molecule has 2 aromatic rings. The zero-order valence-corrected chi connectivity index (χ0v) is 11.0. The molecule has 0 saturated carbocycles. The molecule has 2 heterocycles. The molecule has 0 radical (unpaired) electrons. The number of nitrogens with one attached hydrogen (secondary N) is 1. The van der Waals surface area contributed by atoms with Gasteiger partial charge in [0.15, 0.2) is 5.75 Å². The number of hydrogen-bond acceptors (Lipinski definition) is 4. The summed E-state index contributed by atoms with van der Waals surface area (Å²) in [7, 11) is 0. The third-order valence-corrected chi connectivity index (χ3v) is 3.11. The maximum absolute atomic E-state index is 13.7. The van der Waals surface area contributed by atoms with Gasteiger partial charge in [0, 0.05) is 12.6 Å². The highest BCUT2D eigenvalue weighted by molar-refractivity contribution is 5.93. The van der Waals surface area contributed by atoms with Gasteiger partial charge in [0.25, 0.3) is 5.91 Å². The molecule has 0 saturated heterocycles. The van der Waals surface area contributed by atoms with Gasteiger partial charge in [-0.25, -0.2) is 4.39 Å². The Kier molecular flexibility index (Phi) is 3.27. The molecule has 1 aromatic heterocycles. The van der Waals surface area contributed by atoms with Crippen molar-refractivity contribution in [3.05, 3.63) is 65.6 Å². The van der Waals surface area contributed by atoms with E-state index in [2.05, 4.69) is 10.3 Å². The number of fused-ring (bicyclic) bond motifs is 1. The van der Waals surface area contributed by atoms with Crippen molar-refractivity contribution in [1.82, 2.24) is 4.98 Å². The van der Waals surface area contributed by atoms with Crippen LogP contribution in [0, 0.1) is 5.82 Å². The smallest absolute Gasteiger partial charge is 0.286 e. The number of anilines is 1. The van der Waals surface area contributed by atoms with Gasteiger partial charge in [0.2, 0.25) is 5.76 Å². The molecule has 1 aromatic carbocycles. The molecule has 0 aliphatic carbocycles. The van der Waals surface area contributed by atoms with E-state index in [1.165, 1.54) is 6.20 Å². The molecule has 106 valence electrons. The van der Waals surface area contributed by atoms with Crippen LogP contribution in [0.2, 0.25) is 0 Å². The summed E-state index contributed by atoms with van der Waals surface area (Å²) >= 11 is 0. The largest absolute Gasteiger partial charge is 0.448 e. The van der Waals surface area contributed by atoms with E-state index in [4.69, 9.17) is 10.5 Å². The molecule has 0 spiro atoms. The first kappa shape index (κ1) is 13.1. The van der Waals surface area contributed by atoms with Crippen LogP contribution in [0.5, 0.6) is 5.75 Å². The van der Waals surface area contributed by atoms with Crippen LogP contribution in [-0.4, -0.2) is 10.9 Å². The van der Waals surface area contributed by atoms with Crippen molar-refractivity contribution in [3.8, 4) is 5.75 Å². The van der Waals surface area contributed by atoms with Crippen molar-refractivity contribution in [2.24, 2.45) is 5.73 Å². The third kappa shape index (κ3) is 2.55. The first-order valence-corrected chi connectivity index (χ1v) is 6.30. The number of ether oxygens (including phenoxy) is 1. The normalized spacial score (nSPS) is 13.2.